The van der Waals surface area contributed by atoms with Crippen molar-refractivity contribution in [3.63, 3.8) is 0 Å². The van der Waals surface area contributed by atoms with Crippen LogP contribution >= 0.6 is 11.8 Å². The van der Waals surface area contributed by atoms with Crippen LogP contribution in [0.4, 0.5) is 0 Å². The Bertz CT molecular complexity index is 836. The van der Waals surface area contributed by atoms with E-state index < -0.39 is 17.5 Å². The van der Waals surface area contributed by atoms with Crippen molar-refractivity contribution in [3.8, 4) is 11.5 Å². The van der Waals surface area contributed by atoms with Crippen molar-refractivity contribution in [3.05, 3.63) is 58.7 Å². The first-order valence-corrected chi connectivity index (χ1v) is 11.3. The highest BCUT2D eigenvalue weighted by molar-refractivity contribution is 8.00. The second-order valence-corrected chi connectivity index (χ2v) is 9.28. The number of hydrogen-bond acceptors (Lipinski definition) is 6. The SMILES string of the molecule is CCOc1ccc(Cc2cc(C3SC(CO)C(O)C(O)C3C)c(OC)cc2C)cc1. The molecule has 164 valence electrons. The number of aryl methyl sites for hydroxylation is 1. The van der Waals surface area contributed by atoms with E-state index in [1.165, 1.54) is 22.9 Å². The van der Waals surface area contributed by atoms with Gasteiger partial charge in [0.1, 0.15) is 11.5 Å². The fraction of sp³-hybridized carbons (Fsp3) is 0.500. The van der Waals surface area contributed by atoms with E-state index in [2.05, 4.69) is 25.1 Å². The minimum Gasteiger partial charge on any atom is -0.496 e. The van der Waals surface area contributed by atoms with Gasteiger partial charge in [0, 0.05) is 16.7 Å². The molecule has 0 amide bonds. The number of aliphatic hydroxyl groups excluding tert-OH is 3. The Morgan fingerprint density at radius 2 is 1.77 bits per heavy atom. The van der Waals surface area contributed by atoms with Crippen molar-refractivity contribution in [1.82, 2.24) is 0 Å². The third kappa shape index (κ3) is 4.78. The van der Waals surface area contributed by atoms with Gasteiger partial charge in [-0.2, -0.15) is 0 Å². The van der Waals surface area contributed by atoms with Crippen LogP contribution in [0.15, 0.2) is 36.4 Å². The molecule has 30 heavy (non-hydrogen) atoms. The Labute approximate surface area is 183 Å². The molecule has 0 radical (unpaired) electrons. The molecule has 1 heterocycles. The standard InChI is InChI=1S/C24H32O5S/c1-5-29-18-8-6-16(7-9-18)11-17-12-19(20(28-4)10-14(17)2)24-15(3)22(26)23(27)21(13-25)30-24/h6-10,12,15,21-27H,5,11,13H2,1-4H3. The molecule has 0 saturated carbocycles. The first-order chi connectivity index (χ1) is 14.4. The summed E-state index contributed by atoms with van der Waals surface area (Å²) < 4.78 is 11.2. The molecule has 3 N–H and O–H groups in total. The molecule has 2 aromatic carbocycles. The van der Waals surface area contributed by atoms with E-state index in [1.807, 2.05) is 32.0 Å². The smallest absolute Gasteiger partial charge is 0.123 e. The lowest BCUT2D eigenvalue weighted by atomic mass is 9.87. The van der Waals surface area contributed by atoms with E-state index in [0.29, 0.717) is 6.61 Å². The van der Waals surface area contributed by atoms with Gasteiger partial charge in [0.2, 0.25) is 0 Å². The van der Waals surface area contributed by atoms with E-state index in [-0.39, 0.29) is 17.8 Å². The van der Waals surface area contributed by atoms with Crippen LogP contribution in [0.2, 0.25) is 0 Å². The van der Waals surface area contributed by atoms with E-state index in [1.54, 1.807) is 7.11 Å². The second kappa shape index (κ2) is 10.1. The zero-order valence-corrected chi connectivity index (χ0v) is 18.9. The molecule has 1 aliphatic rings. The molecule has 1 saturated heterocycles. The lowest BCUT2D eigenvalue weighted by Crippen LogP contribution is -2.47. The fourth-order valence-electron chi connectivity index (χ4n) is 4.04. The molecule has 1 fully saturated rings. The van der Waals surface area contributed by atoms with Gasteiger partial charge in [-0.15, -0.1) is 11.8 Å². The van der Waals surface area contributed by atoms with Gasteiger partial charge in [0.05, 0.1) is 37.8 Å². The van der Waals surface area contributed by atoms with Crippen molar-refractivity contribution in [2.24, 2.45) is 5.92 Å². The molecular weight excluding hydrogens is 400 g/mol. The third-order valence-corrected chi connectivity index (χ3v) is 7.63. The van der Waals surface area contributed by atoms with Crippen LogP contribution in [0.1, 0.15) is 41.4 Å². The van der Waals surface area contributed by atoms with Gasteiger partial charge in [-0.25, -0.2) is 0 Å². The monoisotopic (exact) mass is 432 g/mol. The molecule has 6 heteroatoms. The molecule has 5 nitrogen and oxygen atoms in total. The van der Waals surface area contributed by atoms with Crippen molar-refractivity contribution in [1.29, 1.82) is 0 Å². The molecule has 0 bridgehead atoms. The van der Waals surface area contributed by atoms with Gasteiger partial charge in [0.15, 0.2) is 0 Å². The minimum atomic E-state index is -0.939. The molecule has 0 aromatic heterocycles. The van der Waals surface area contributed by atoms with Crippen LogP contribution < -0.4 is 9.47 Å². The fourth-order valence-corrected chi connectivity index (χ4v) is 5.56. The summed E-state index contributed by atoms with van der Waals surface area (Å²) in [5.41, 5.74) is 4.50. The maximum absolute atomic E-state index is 10.5. The number of rotatable bonds is 7. The number of aliphatic hydroxyl groups is 3. The van der Waals surface area contributed by atoms with Crippen LogP contribution in [0.3, 0.4) is 0 Å². The summed E-state index contributed by atoms with van der Waals surface area (Å²) >= 11 is 1.51. The van der Waals surface area contributed by atoms with Crippen molar-refractivity contribution in [2.75, 3.05) is 20.3 Å². The molecule has 5 unspecified atom stereocenters. The molecule has 2 aromatic rings. The topological polar surface area (TPSA) is 79.2 Å². The van der Waals surface area contributed by atoms with Gasteiger partial charge >= 0.3 is 0 Å². The van der Waals surface area contributed by atoms with E-state index in [0.717, 1.165) is 29.0 Å². The number of thioether (sulfide) groups is 1. The maximum atomic E-state index is 10.5. The number of ether oxygens (including phenoxy) is 2. The Balaban J connectivity index is 1.93. The van der Waals surface area contributed by atoms with Gasteiger partial charge in [-0.05, 0) is 55.2 Å². The number of benzene rings is 2. The Hall–Kier alpha value is -1.73. The number of methoxy groups -OCH3 is 1. The number of hydrogen-bond donors (Lipinski definition) is 3. The lowest BCUT2D eigenvalue weighted by molar-refractivity contribution is -0.0269. The quantitative estimate of drug-likeness (QED) is 0.622. The van der Waals surface area contributed by atoms with Crippen molar-refractivity contribution < 1.29 is 24.8 Å². The summed E-state index contributed by atoms with van der Waals surface area (Å²) in [4.78, 5) is 0. The normalized spacial score (nSPS) is 26.4. The predicted molar refractivity (Wildman–Crippen MR) is 121 cm³/mol. The van der Waals surface area contributed by atoms with Crippen LogP contribution in [-0.2, 0) is 6.42 Å². The average molecular weight is 433 g/mol. The first-order valence-electron chi connectivity index (χ1n) is 10.4. The third-order valence-electron chi connectivity index (χ3n) is 5.87. The van der Waals surface area contributed by atoms with Gasteiger partial charge in [0.25, 0.3) is 0 Å². The van der Waals surface area contributed by atoms with Gasteiger partial charge in [-0.3, -0.25) is 0 Å². The van der Waals surface area contributed by atoms with Crippen LogP contribution in [-0.4, -0.2) is 53.1 Å². The second-order valence-electron chi connectivity index (χ2n) is 7.89. The Morgan fingerprint density at radius 3 is 2.37 bits per heavy atom. The Morgan fingerprint density at radius 1 is 1.07 bits per heavy atom. The maximum Gasteiger partial charge on any atom is 0.123 e. The Kier molecular flexibility index (Phi) is 7.69. The van der Waals surface area contributed by atoms with E-state index >= 15 is 0 Å². The molecule has 1 aliphatic heterocycles. The minimum absolute atomic E-state index is 0.0878. The van der Waals surface area contributed by atoms with Crippen molar-refractivity contribution in [2.45, 2.75) is 49.9 Å². The zero-order valence-electron chi connectivity index (χ0n) is 18.0. The largest absolute Gasteiger partial charge is 0.496 e. The molecule has 0 aliphatic carbocycles. The highest BCUT2D eigenvalue weighted by Gasteiger charge is 2.43. The van der Waals surface area contributed by atoms with Crippen LogP contribution in [0, 0.1) is 12.8 Å². The van der Waals surface area contributed by atoms with Crippen molar-refractivity contribution >= 4 is 11.8 Å². The summed E-state index contributed by atoms with van der Waals surface area (Å²) in [6, 6.07) is 12.3. The molecule has 5 atom stereocenters. The lowest BCUT2D eigenvalue weighted by Gasteiger charge is -2.41. The summed E-state index contributed by atoms with van der Waals surface area (Å²) in [7, 11) is 1.65. The highest BCUT2D eigenvalue weighted by Crippen LogP contribution is 2.49. The van der Waals surface area contributed by atoms with Crippen LogP contribution in [0.5, 0.6) is 11.5 Å². The molecule has 0 spiro atoms. The zero-order chi connectivity index (χ0) is 21.8. The first kappa shape index (κ1) is 22.9. The summed E-state index contributed by atoms with van der Waals surface area (Å²) in [5, 5.41) is 30.0. The molecular formula is C24H32O5S. The van der Waals surface area contributed by atoms with E-state index in [9.17, 15) is 15.3 Å². The average Bonchev–Trinajstić information content (AvgIpc) is 2.75. The molecule has 3 rings (SSSR count). The summed E-state index contributed by atoms with van der Waals surface area (Å²) in [6.07, 6.45) is -1.06. The van der Waals surface area contributed by atoms with Gasteiger partial charge < -0.3 is 24.8 Å². The van der Waals surface area contributed by atoms with Gasteiger partial charge in [-0.1, -0.05) is 25.1 Å². The summed E-state index contributed by atoms with van der Waals surface area (Å²) in [5.74, 6) is 1.46. The highest BCUT2D eigenvalue weighted by atomic mass is 32.2. The van der Waals surface area contributed by atoms with Crippen LogP contribution in [0.25, 0.3) is 0 Å². The van der Waals surface area contributed by atoms with E-state index in [4.69, 9.17) is 9.47 Å². The predicted octanol–water partition coefficient (Wildman–Crippen LogP) is 3.50. The summed E-state index contributed by atoms with van der Waals surface area (Å²) in [6.45, 7) is 6.44.